The van der Waals surface area contributed by atoms with Crippen molar-refractivity contribution in [1.82, 2.24) is 10.9 Å². The molecule has 4 nitrogen and oxygen atoms in total. The van der Waals surface area contributed by atoms with Gasteiger partial charge in [0.15, 0.2) is 0 Å². The number of hydrogen-bond acceptors (Lipinski definition) is 3. The zero-order valence-electron chi connectivity index (χ0n) is 10.2. The molecule has 2 saturated carbocycles. The molecule has 2 rings (SSSR count). The third-order valence-electron chi connectivity index (χ3n) is 4.11. The Kier molecular flexibility index (Phi) is 3.69. The fraction of sp³-hybridized carbons (Fsp3) is 0.917. The van der Waals surface area contributed by atoms with E-state index >= 15 is 0 Å². The number of hydrogen-bond donors (Lipinski definition) is 2. The van der Waals surface area contributed by atoms with E-state index in [1.165, 1.54) is 25.7 Å². The standard InChI is InChI=1S/C12H22N2O2/c1-3-16-12(15)14-13-8(2)11-7-9-4-5-10(11)6-9/h8-11,13H,3-7H2,1-2H3,(H,14,15). The van der Waals surface area contributed by atoms with Crippen molar-refractivity contribution < 1.29 is 9.53 Å². The van der Waals surface area contributed by atoms with Crippen LogP contribution in [0.5, 0.6) is 0 Å². The summed E-state index contributed by atoms with van der Waals surface area (Å²) in [6.45, 7) is 4.37. The van der Waals surface area contributed by atoms with Crippen LogP contribution in [0.25, 0.3) is 0 Å². The first-order valence-corrected chi connectivity index (χ1v) is 6.39. The van der Waals surface area contributed by atoms with Gasteiger partial charge in [0, 0.05) is 6.04 Å². The average Bonchev–Trinajstić information content (AvgIpc) is 2.88. The van der Waals surface area contributed by atoms with Crippen LogP contribution in [0.4, 0.5) is 4.79 Å². The maximum absolute atomic E-state index is 11.1. The second-order valence-electron chi connectivity index (χ2n) is 5.12. The molecule has 0 heterocycles. The fourth-order valence-corrected chi connectivity index (χ4v) is 3.35. The van der Waals surface area contributed by atoms with E-state index in [2.05, 4.69) is 17.8 Å². The maximum Gasteiger partial charge on any atom is 0.421 e. The maximum atomic E-state index is 11.1. The Bertz CT molecular complexity index is 257. The molecule has 2 aliphatic rings. The van der Waals surface area contributed by atoms with Crippen molar-refractivity contribution in [1.29, 1.82) is 0 Å². The SMILES string of the molecule is CCOC(=O)NNC(C)C1CC2CCC1C2. The Labute approximate surface area is 97.1 Å². The summed E-state index contributed by atoms with van der Waals surface area (Å²) < 4.78 is 4.80. The van der Waals surface area contributed by atoms with Crippen LogP contribution in [-0.4, -0.2) is 18.7 Å². The number of carbonyl (C=O) groups is 1. The minimum atomic E-state index is -0.377. The van der Waals surface area contributed by atoms with E-state index in [1.54, 1.807) is 6.92 Å². The van der Waals surface area contributed by atoms with Gasteiger partial charge in [-0.3, -0.25) is 5.43 Å². The molecule has 2 fully saturated rings. The topological polar surface area (TPSA) is 50.4 Å². The normalized spacial score (nSPS) is 33.8. The minimum Gasteiger partial charge on any atom is -0.449 e. The van der Waals surface area contributed by atoms with Gasteiger partial charge in [0.25, 0.3) is 0 Å². The summed E-state index contributed by atoms with van der Waals surface area (Å²) in [6.07, 6.45) is 5.14. The molecule has 1 amide bonds. The quantitative estimate of drug-likeness (QED) is 0.721. The smallest absolute Gasteiger partial charge is 0.421 e. The molecule has 92 valence electrons. The highest BCUT2D eigenvalue weighted by Gasteiger charge is 2.41. The van der Waals surface area contributed by atoms with Gasteiger partial charge in [0.05, 0.1) is 6.61 Å². The lowest BCUT2D eigenvalue weighted by atomic mass is 9.84. The van der Waals surface area contributed by atoms with E-state index in [9.17, 15) is 4.79 Å². The number of ether oxygens (including phenoxy) is 1. The van der Waals surface area contributed by atoms with Crippen molar-refractivity contribution in [3.8, 4) is 0 Å². The molecule has 0 saturated heterocycles. The van der Waals surface area contributed by atoms with Crippen molar-refractivity contribution in [2.24, 2.45) is 17.8 Å². The fourth-order valence-electron chi connectivity index (χ4n) is 3.35. The Hall–Kier alpha value is -0.770. The van der Waals surface area contributed by atoms with Crippen LogP contribution in [0.1, 0.15) is 39.5 Å². The summed E-state index contributed by atoms with van der Waals surface area (Å²) in [7, 11) is 0. The lowest BCUT2D eigenvalue weighted by Gasteiger charge is -2.28. The zero-order chi connectivity index (χ0) is 11.5. The molecule has 0 spiro atoms. The predicted octanol–water partition coefficient (Wildman–Crippen LogP) is 2.06. The van der Waals surface area contributed by atoms with Crippen LogP contribution in [0, 0.1) is 17.8 Å². The summed E-state index contributed by atoms with van der Waals surface area (Å²) >= 11 is 0. The Balaban J connectivity index is 1.72. The predicted molar refractivity (Wildman–Crippen MR) is 61.7 cm³/mol. The molecule has 4 atom stereocenters. The summed E-state index contributed by atoms with van der Waals surface area (Å²) in [5.41, 5.74) is 5.68. The highest BCUT2D eigenvalue weighted by Crippen LogP contribution is 2.49. The summed E-state index contributed by atoms with van der Waals surface area (Å²) in [6, 6.07) is 0.347. The molecule has 0 radical (unpaired) electrons. The van der Waals surface area contributed by atoms with E-state index in [4.69, 9.17) is 4.74 Å². The average molecular weight is 226 g/mol. The third-order valence-corrected chi connectivity index (χ3v) is 4.11. The lowest BCUT2D eigenvalue weighted by molar-refractivity contribution is 0.140. The first-order chi connectivity index (χ1) is 7.70. The molecule has 2 aliphatic carbocycles. The molecule has 16 heavy (non-hydrogen) atoms. The monoisotopic (exact) mass is 226 g/mol. The van der Waals surface area contributed by atoms with Crippen molar-refractivity contribution in [2.45, 2.75) is 45.6 Å². The molecule has 4 unspecified atom stereocenters. The molecule has 4 heteroatoms. The van der Waals surface area contributed by atoms with Crippen LogP contribution in [0.3, 0.4) is 0 Å². The molecule has 0 aromatic carbocycles. The van der Waals surface area contributed by atoms with Gasteiger partial charge in [-0.2, -0.15) is 0 Å². The van der Waals surface area contributed by atoms with Gasteiger partial charge in [-0.25, -0.2) is 10.2 Å². The third kappa shape index (κ3) is 2.48. The second-order valence-corrected chi connectivity index (χ2v) is 5.12. The Morgan fingerprint density at radius 3 is 2.81 bits per heavy atom. The first-order valence-electron chi connectivity index (χ1n) is 6.39. The first kappa shape index (κ1) is 11.7. The van der Waals surface area contributed by atoms with Crippen molar-refractivity contribution in [3.63, 3.8) is 0 Å². The van der Waals surface area contributed by atoms with E-state index in [0.29, 0.717) is 12.6 Å². The summed E-state index contributed by atoms with van der Waals surface area (Å²) in [5, 5.41) is 0. The number of rotatable bonds is 4. The Morgan fingerprint density at radius 2 is 2.25 bits per heavy atom. The van der Waals surface area contributed by atoms with E-state index in [-0.39, 0.29) is 6.09 Å². The van der Waals surface area contributed by atoms with Crippen LogP contribution in [-0.2, 0) is 4.74 Å². The number of fused-ring (bicyclic) bond motifs is 2. The Morgan fingerprint density at radius 1 is 1.44 bits per heavy atom. The minimum absolute atomic E-state index is 0.347. The van der Waals surface area contributed by atoms with Crippen molar-refractivity contribution >= 4 is 6.09 Å². The highest BCUT2D eigenvalue weighted by atomic mass is 16.5. The zero-order valence-corrected chi connectivity index (χ0v) is 10.2. The molecular formula is C12H22N2O2. The molecule has 2 bridgehead atoms. The van der Waals surface area contributed by atoms with Crippen LogP contribution in [0.2, 0.25) is 0 Å². The molecule has 0 aliphatic heterocycles. The molecule has 0 aromatic rings. The second kappa shape index (κ2) is 5.04. The summed E-state index contributed by atoms with van der Waals surface area (Å²) in [5.74, 6) is 2.54. The van der Waals surface area contributed by atoms with E-state index in [0.717, 1.165) is 17.8 Å². The van der Waals surface area contributed by atoms with E-state index in [1.807, 2.05) is 0 Å². The van der Waals surface area contributed by atoms with Gasteiger partial charge in [0.2, 0.25) is 0 Å². The number of nitrogens with one attached hydrogen (secondary N) is 2. The van der Waals surface area contributed by atoms with Gasteiger partial charge >= 0.3 is 6.09 Å². The molecule has 0 aromatic heterocycles. The van der Waals surface area contributed by atoms with Crippen molar-refractivity contribution in [2.75, 3.05) is 6.61 Å². The summed E-state index contributed by atoms with van der Waals surface area (Å²) in [4.78, 5) is 11.1. The number of carbonyl (C=O) groups excluding carboxylic acids is 1. The van der Waals surface area contributed by atoms with Gasteiger partial charge < -0.3 is 4.74 Å². The molecular weight excluding hydrogens is 204 g/mol. The van der Waals surface area contributed by atoms with Crippen LogP contribution in [0.15, 0.2) is 0 Å². The largest absolute Gasteiger partial charge is 0.449 e. The van der Waals surface area contributed by atoms with Crippen molar-refractivity contribution in [3.05, 3.63) is 0 Å². The number of hydrazine groups is 1. The van der Waals surface area contributed by atoms with Gasteiger partial charge in [-0.1, -0.05) is 6.42 Å². The van der Waals surface area contributed by atoms with Crippen LogP contribution >= 0.6 is 0 Å². The van der Waals surface area contributed by atoms with Gasteiger partial charge in [-0.15, -0.1) is 0 Å². The van der Waals surface area contributed by atoms with Crippen LogP contribution < -0.4 is 10.9 Å². The molecule has 2 N–H and O–H groups in total. The van der Waals surface area contributed by atoms with Gasteiger partial charge in [0.1, 0.15) is 0 Å². The van der Waals surface area contributed by atoms with E-state index < -0.39 is 0 Å². The lowest BCUT2D eigenvalue weighted by Crippen LogP contribution is -2.47. The number of amides is 1. The van der Waals surface area contributed by atoms with Gasteiger partial charge in [-0.05, 0) is 50.9 Å². The highest BCUT2D eigenvalue weighted by molar-refractivity contribution is 5.66.